The van der Waals surface area contributed by atoms with Crippen molar-refractivity contribution in [3.05, 3.63) is 22.4 Å². The summed E-state index contributed by atoms with van der Waals surface area (Å²) in [6, 6.07) is 1.80. The average molecular weight is 331 g/mol. The third-order valence-corrected chi connectivity index (χ3v) is 3.21. The van der Waals surface area contributed by atoms with Gasteiger partial charge in [-0.25, -0.2) is 0 Å². The van der Waals surface area contributed by atoms with E-state index < -0.39 is 5.97 Å². The zero-order valence-corrected chi connectivity index (χ0v) is 12.8. The van der Waals surface area contributed by atoms with Crippen LogP contribution in [0.5, 0.6) is 0 Å². The van der Waals surface area contributed by atoms with Crippen molar-refractivity contribution in [1.82, 2.24) is 9.47 Å². The van der Waals surface area contributed by atoms with Gasteiger partial charge in [-0.3, -0.25) is 9.59 Å². The number of nitrogens with zero attached hydrogens (tertiary/aromatic N) is 2. The van der Waals surface area contributed by atoms with Gasteiger partial charge in [-0.2, -0.15) is 0 Å². The molecular formula is C13H19BrN2O3. The summed E-state index contributed by atoms with van der Waals surface area (Å²) in [6.07, 6.45) is 3.39. The van der Waals surface area contributed by atoms with Crippen LogP contribution in [0.3, 0.4) is 0 Å². The SMILES string of the molecule is CCCn1cc(Br)cc1C(=O)N(C)CCCC(=O)O. The molecule has 0 unspecified atom stereocenters. The molecule has 0 atom stereocenters. The fourth-order valence-corrected chi connectivity index (χ4v) is 2.31. The minimum atomic E-state index is -0.835. The van der Waals surface area contributed by atoms with Crippen LogP contribution in [0, 0.1) is 0 Å². The summed E-state index contributed by atoms with van der Waals surface area (Å²) in [4.78, 5) is 24.3. The molecule has 0 saturated heterocycles. The van der Waals surface area contributed by atoms with Gasteiger partial charge in [0, 0.05) is 37.2 Å². The van der Waals surface area contributed by atoms with Crippen LogP contribution in [0.2, 0.25) is 0 Å². The first kappa shape index (κ1) is 15.8. The number of hydrogen-bond donors (Lipinski definition) is 1. The second kappa shape index (κ2) is 7.33. The standard InChI is InChI=1S/C13H19BrN2O3/c1-3-6-16-9-10(14)8-11(16)13(19)15(2)7-4-5-12(17)18/h8-9H,3-7H2,1-2H3,(H,17,18). The Morgan fingerprint density at radius 3 is 2.74 bits per heavy atom. The lowest BCUT2D eigenvalue weighted by atomic mass is 10.3. The van der Waals surface area contributed by atoms with Crippen molar-refractivity contribution in [2.24, 2.45) is 0 Å². The fraction of sp³-hybridized carbons (Fsp3) is 0.538. The molecule has 1 aromatic rings. The predicted molar refractivity (Wildman–Crippen MR) is 76.3 cm³/mol. The molecule has 1 heterocycles. The Morgan fingerprint density at radius 2 is 2.16 bits per heavy atom. The first-order chi connectivity index (χ1) is 8.95. The van der Waals surface area contributed by atoms with Crippen LogP contribution < -0.4 is 0 Å². The molecule has 1 rings (SSSR count). The van der Waals surface area contributed by atoms with Crippen molar-refractivity contribution in [1.29, 1.82) is 0 Å². The first-order valence-electron chi connectivity index (χ1n) is 6.28. The zero-order chi connectivity index (χ0) is 14.4. The van der Waals surface area contributed by atoms with Gasteiger partial charge in [0.2, 0.25) is 0 Å². The molecule has 6 heteroatoms. The normalized spacial score (nSPS) is 10.5. The quantitative estimate of drug-likeness (QED) is 0.835. The van der Waals surface area contributed by atoms with E-state index in [4.69, 9.17) is 5.11 Å². The van der Waals surface area contributed by atoms with Crippen LogP contribution in [0.15, 0.2) is 16.7 Å². The number of carbonyl (C=O) groups excluding carboxylic acids is 1. The molecule has 0 bridgehead atoms. The van der Waals surface area contributed by atoms with Crippen LogP contribution >= 0.6 is 15.9 Å². The van der Waals surface area contributed by atoms with E-state index in [2.05, 4.69) is 22.9 Å². The molecule has 0 aliphatic rings. The third-order valence-electron chi connectivity index (χ3n) is 2.78. The van der Waals surface area contributed by atoms with E-state index in [9.17, 15) is 9.59 Å². The van der Waals surface area contributed by atoms with E-state index >= 15 is 0 Å². The van der Waals surface area contributed by atoms with Crippen molar-refractivity contribution < 1.29 is 14.7 Å². The molecule has 1 N–H and O–H groups in total. The van der Waals surface area contributed by atoms with Crippen LogP contribution in [0.4, 0.5) is 0 Å². The molecule has 0 radical (unpaired) electrons. The predicted octanol–water partition coefficient (Wildman–Crippen LogP) is 2.60. The number of carboxylic acid groups (broad SMARTS) is 1. The minimum absolute atomic E-state index is 0.0791. The Hall–Kier alpha value is -1.30. The largest absolute Gasteiger partial charge is 0.481 e. The van der Waals surface area contributed by atoms with Crippen molar-refractivity contribution in [3.8, 4) is 0 Å². The number of carboxylic acids is 1. The highest BCUT2D eigenvalue weighted by molar-refractivity contribution is 9.10. The van der Waals surface area contributed by atoms with Gasteiger partial charge in [0.1, 0.15) is 5.69 Å². The summed E-state index contributed by atoms with van der Waals surface area (Å²) in [6.45, 7) is 3.29. The molecule has 1 amide bonds. The summed E-state index contributed by atoms with van der Waals surface area (Å²) in [5, 5.41) is 8.59. The Bertz CT molecular complexity index is 457. The van der Waals surface area contributed by atoms with E-state index in [1.54, 1.807) is 18.0 Å². The summed E-state index contributed by atoms with van der Waals surface area (Å²) in [5.74, 6) is -0.914. The van der Waals surface area contributed by atoms with Crippen molar-refractivity contribution in [2.75, 3.05) is 13.6 Å². The molecule has 0 aromatic carbocycles. The van der Waals surface area contributed by atoms with Crippen molar-refractivity contribution >= 4 is 27.8 Å². The van der Waals surface area contributed by atoms with Gasteiger partial charge >= 0.3 is 5.97 Å². The molecule has 0 spiro atoms. The topological polar surface area (TPSA) is 62.5 Å². The monoisotopic (exact) mass is 330 g/mol. The average Bonchev–Trinajstić information content (AvgIpc) is 2.69. The number of carbonyl (C=O) groups is 2. The Kier molecular flexibility index (Phi) is 6.08. The third kappa shape index (κ3) is 4.70. The Balaban J connectivity index is 2.68. The van der Waals surface area contributed by atoms with Gasteiger partial charge in [-0.15, -0.1) is 0 Å². The van der Waals surface area contributed by atoms with E-state index in [-0.39, 0.29) is 12.3 Å². The summed E-state index contributed by atoms with van der Waals surface area (Å²) in [7, 11) is 1.70. The van der Waals surface area contributed by atoms with Gasteiger partial charge in [-0.1, -0.05) is 6.92 Å². The van der Waals surface area contributed by atoms with Crippen LogP contribution in [0.1, 0.15) is 36.7 Å². The summed E-state index contributed by atoms with van der Waals surface area (Å²) < 4.78 is 2.79. The molecule has 19 heavy (non-hydrogen) atoms. The highest BCUT2D eigenvalue weighted by Crippen LogP contribution is 2.17. The van der Waals surface area contributed by atoms with E-state index in [0.29, 0.717) is 18.7 Å². The smallest absolute Gasteiger partial charge is 0.303 e. The van der Waals surface area contributed by atoms with Gasteiger partial charge in [-0.05, 0) is 34.8 Å². The molecule has 1 aromatic heterocycles. The van der Waals surface area contributed by atoms with E-state index in [1.165, 1.54) is 0 Å². The van der Waals surface area contributed by atoms with Gasteiger partial charge in [0.15, 0.2) is 0 Å². The zero-order valence-electron chi connectivity index (χ0n) is 11.2. The van der Waals surface area contributed by atoms with Crippen molar-refractivity contribution in [2.45, 2.75) is 32.7 Å². The number of rotatable bonds is 7. The summed E-state index contributed by atoms with van der Waals surface area (Å²) >= 11 is 3.37. The number of aliphatic carboxylic acids is 1. The molecule has 5 nitrogen and oxygen atoms in total. The highest BCUT2D eigenvalue weighted by Gasteiger charge is 2.16. The number of aryl methyl sites for hydroxylation is 1. The maximum Gasteiger partial charge on any atom is 0.303 e. The highest BCUT2D eigenvalue weighted by atomic mass is 79.9. The second-order valence-electron chi connectivity index (χ2n) is 4.46. The molecule has 0 saturated carbocycles. The lowest BCUT2D eigenvalue weighted by Crippen LogP contribution is -2.29. The number of aromatic nitrogens is 1. The molecule has 106 valence electrons. The van der Waals surface area contributed by atoms with Crippen LogP contribution in [0.25, 0.3) is 0 Å². The maximum absolute atomic E-state index is 12.3. The van der Waals surface area contributed by atoms with Gasteiger partial charge in [0.05, 0.1) is 0 Å². The van der Waals surface area contributed by atoms with Gasteiger partial charge in [0.25, 0.3) is 5.91 Å². The van der Waals surface area contributed by atoms with Crippen LogP contribution in [-0.4, -0.2) is 40.0 Å². The van der Waals surface area contributed by atoms with Crippen molar-refractivity contribution in [3.63, 3.8) is 0 Å². The molecule has 0 aliphatic heterocycles. The Morgan fingerprint density at radius 1 is 1.47 bits per heavy atom. The lowest BCUT2D eigenvalue weighted by Gasteiger charge is -2.17. The number of hydrogen-bond acceptors (Lipinski definition) is 2. The van der Waals surface area contributed by atoms with E-state index in [0.717, 1.165) is 17.4 Å². The first-order valence-corrected chi connectivity index (χ1v) is 7.08. The molecular weight excluding hydrogens is 312 g/mol. The second-order valence-corrected chi connectivity index (χ2v) is 5.38. The van der Waals surface area contributed by atoms with Crippen LogP contribution in [-0.2, 0) is 11.3 Å². The fourth-order valence-electron chi connectivity index (χ4n) is 1.84. The molecule has 0 fully saturated rings. The molecule has 0 aliphatic carbocycles. The lowest BCUT2D eigenvalue weighted by molar-refractivity contribution is -0.137. The van der Waals surface area contributed by atoms with E-state index in [1.807, 2.05) is 10.8 Å². The minimum Gasteiger partial charge on any atom is -0.481 e. The number of amides is 1. The Labute approximate surface area is 121 Å². The summed E-state index contributed by atoms with van der Waals surface area (Å²) in [5.41, 5.74) is 0.631. The number of halogens is 1. The maximum atomic E-state index is 12.3. The van der Waals surface area contributed by atoms with Gasteiger partial charge < -0.3 is 14.6 Å².